The van der Waals surface area contributed by atoms with Gasteiger partial charge in [-0.05, 0) is 84.9 Å². The van der Waals surface area contributed by atoms with Gasteiger partial charge in [0.25, 0.3) is 0 Å². The van der Waals surface area contributed by atoms with E-state index in [9.17, 15) is 14.9 Å². The maximum atomic E-state index is 13.9. The van der Waals surface area contributed by atoms with E-state index in [1.807, 2.05) is 26.8 Å². The van der Waals surface area contributed by atoms with Crippen LogP contribution in [0.3, 0.4) is 0 Å². The van der Waals surface area contributed by atoms with E-state index in [4.69, 9.17) is 5.73 Å². The number of fused-ring (bicyclic) bond motifs is 7. The van der Waals surface area contributed by atoms with Gasteiger partial charge in [-0.3, -0.25) is 9.59 Å². The van der Waals surface area contributed by atoms with Gasteiger partial charge in [0.2, 0.25) is 0 Å². The number of hydrogen-bond donors (Lipinski definition) is 1. The fraction of sp³-hybridized carbons (Fsp3) is 0.833. The van der Waals surface area contributed by atoms with E-state index in [-0.39, 0.29) is 57.2 Å². The standard InChI is InChI=1S/C28H40N2O2.C2H6/c1-16-18-6-8-26(4)19-7-9-28(30)11-10-25(2,3)14-20(28)23(19)21(31)12-22(26)27(18,5)13-17(15-29)24(16)32;1-2/h13,16,18-20,22-23H,6-12,14,30H2,1-5H3;1-2H3. The molecule has 4 saturated carbocycles. The second-order valence-electron chi connectivity index (χ2n) is 13.4. The molecule has 0 aromatic carbocycles. The summed E-state index contributed by atoms with van der Waals surface area (Å²) in [6.07, 6.45) is 9.96. The minimum Gasteiger partial charge on any atom is -0.325 e. The van der Waals surface area contributed by atoms with Crippen LogP contribution >= 0.6 is 0 Å². The molecule has 9 atom stereocenters. The van der Waals surface area contributed by atoms with E-state index in [1.165, 1.54) is 0 Å². The van der Waals surface area contributed by atoms with Crippen molar-refractivity contribution in [2.75, 3.05) is 0 Å². The predicted octanol–water partition coefficient (Wildman–Crippen LogP) is 6.24. The fourth-order valence-corrected chi connectivity index (χ4v) is 9.57. The van der Waals surface area contributed by atoms with E-state index < -0.39 is 0 Å². The number of hydrogen-bond acceptors (Lipinski definition) is 4. The highest BCUT2D eigenvalue weighted by atomic mass is 16.1. The Bertz CT molecular complexity index is 944. The van der Waals surface area contributed by atoms with Gasteiger partial charge in [0.05, 0.1) is 5.57 Å². The summed E-state index contributed by atoms with van der Waals surface area (Å²) < 4.78 is 0. The van der Waals surface area contributed by atoms with Crippen molar-refractivity contribution in [3.63, 3.8) is 0 Å². The molecule has 0 heterocycles. The normalized spacial score (nSPS) is 49.1. The Kier molecular flexibility index (Phi) is 6.25. The summed E-state index contributed by atoms with van der Waals surface area (Å²) in [5, 5.41) is 9.67. The van der Waals surface area contributed by atoms with Crippen molar-refractivity contribution < 1.29 is 9.59 Å². The molecule has 0 amide bonds. The first-order valence-corrected chi connectivity index (χ1v) is 13.9. The molecule has 4 heteroatoms. The van der Waals surface area contributed by atoms with Crippen LogP contribution in [0.2, 0.25) is 0 Å². The van der Waals surface area contributed by atoms with Crippen molar-refractivity contribution in [2.24, 2.45) is 57.5 Å². The SMILES string of the molecule is CC.CC1C(=O)C(C#N)=CC2(C)C1CCC1(C)C3CCC4(N)CCC(C)(C)CC4C3C(=O)CC21. The number of Topliss-reactive ketones (excluding diaryl/α,β-unsaturated/α-hetero) is 2. The highest BCUT2D eigenvalue weighted by molar-refractivity contribution is 6.01. The van der Waals surface area contributed by atoms with Crippen LogP contribution in [-0.4, -0.2) is 17.1 Å². The summed E-state index contributed by atoms with van der Waals surface area (Å²) in [4.78, 5) is 26.7. The van der Waals surface area contributed by atoms with Gasteiger partial charge in [-0.25, -0.2) is 0 Å². The molecule has 5 aliphatic rings. The van der Waals surface area contributed by atoms with Gasteiger partial charge in [0, 0.05) is 23.8 Å². The summed E-state index contributed by atoms with van der Waals surface area (Å²) in [5.41, 5.74) is 7.20. The zero-order valence-electron chi connectivity index (χ0n) is 22.5. The van der Waals surface area contributed by atoms with Gasteiger partial charge in [0.1, 0.15) is 11.9 Å². The lowest BCUT2D eigenvalue weighted by Crippen LogP contribution is -2.67. The Morgan fingerprint density at radius 3 is 2.26 bits per heavy atom. The van der Waals surface area contributed by atoms with Crippen molar-refractivity contribution in [3.05, 3.63) is 11.6 Å². The van der Waals surface area contributed by atoms with Crippen LogP contribution in [0.25, 0.3) is 0 Å². The molecule has 0 spiro atoms. The van der Waals surface area contributed by atoms with Crippen molar-refractivity contribution in [1.82, 2.24) is 0 Å². The van der Waals surface area contributed by atoms with Crippen LogP contribution in [0.15, 0.2) is 11.6 Å². The van der Waals surface area contributed by atoms with Gasteiger partial charge in [-0.2, -0.15) is 5.26 Å². The number of ketones is 2. The first kappa shape index (κ1) is 25.6. The molecule has 5 rings (SSSR count). The maximum Gasteiger partial charge on any atom is 0.176 e. The highest BCUT2D eigenvalue weighted by Gasteiger charge is 2.66. The molecule has 4 nitrogen and oxygen atoms in total. The van der Waals surface area contributed by atoms with E-state index in [0.29, 0.717) is 23.7 Å². The van der Waals surface area contributed by atoms with E-state index in [0.717, 1.165) is 44.9 Å². The molecule has 34 heavy (non-hydrogen) atoms. The Hall–Kier alpha value is -1.47. The molecular formula is C30H46N2O2. The molecule has 2 N–H and O–H groups in total. The van der Waals surface area contributed by atoms with Crippen LogP contribution in [0.1, 0.15) is 99.8 Å². The van der Waals surface area contributed by atoms with Gasteiger partial charge in [0.15, 0.2) is 5.78 Å². The van der Waals surface area contributed by atoms with Gasteiger partial charge >= 0.3 is 0 Å². The smallest absolute Gasteiger partial charge is 0.176 e. The Morgan fingerprint density at radius 1 is 0.971 bits per heavy atom. The van der Waals surface area contributed by atoms with Crippen molar-refractivity contribution >= 4 is 11.6 Å². The topological polar surface area (TPSA) is 83.9 Å². The minimum absolute atomic E-state index is 0.00592. The van der Waals surface area contributed by atoms with E-state index >= 15 is 0 Å². The second-order valence-corrected chi connectivity index (χ2v) is 13.4. The Labute approximate surface area is 207 Å². The predicted molar refractivity (Wildman–Crippen MR) is 136 cm³/mol. The number of nitrogens with zero attached hydrogens (tertiary/aromatic N) is 1. The zero-order valence-corrected chi connectivity index (χ0v) is 22.5. The number of allylic oxidation sites excluding steroid dienone is 2. The number of nitriles is 1. The second kappa shape index (κ2) is 8.29. The third-order valence-corrected chi connectivity index (χ3v) is 11.4. The minimum atomic E-state index is -0.269. The molecule has 5 aliphatic carbocycles. The first-order valence-electron chi connectivity index (χ1n) is 13.9. The lowest BCUT2D eigenvalue weighted by molar-refractivity contribution is -0.177. The molecule has 0 bridgehead atoms. The van der Waals surface area contributed by atoms with Crippen LogP contribution in [0.4, 0.5) is 0 Å². The number of carbonyl (C=O) groups excluding carboxylic acids is 2. The zero-order chi connectivity index (χ0) is 25.3. The molecule has 9 unspecified atom stereocenters. The van der Waals surface area contributed by atoms with Crippen molar-refractivity contribution in [2.45, 2.75) is 105 Å². The molecule has 188 valence electrons. The molecule has 0 aromatic heterocycles. The third-order valence-electron chi connectivity index (χ3n) is 11.4. The van der Waals surface area contributed by atoms with Gasteiger partial charge in [-0.1, -0.05) is 54.5 Å². The molecule has 0 radical (unpaired) electrons. The van der Waals surface area contributed by atoms with Crippen LogP contribution in [0.5, 0.6) is 0 Å². The average molecular weight is 467 g/mol. The average Bonchev–Trinajstić information content (AvgIpc) is 2.79. The first-order chi connectivity index (χ1) is 15.9. The number of carbonyl (C=O) groups is 2. The summed E-state index contributed by atoms with van der Waals surface area (Å²) in [5.74, 6) is 1.42. The number of rotatable bonds is 0. The van der Waals surface area contributed by atoms with Crippen LogP contribution in [0, 0.1) is 63.1 Å². The third kappa shape index (κ3) is 3.47. The molecule has 0 saturated heterocycles. The van der Waals surface area contributed by atoms with Crippen molar-refractivity contribution in [1.29, 1.82) is 5.26 Å². The summed E-state index contributed by atoms with van der Waals surface area (Å²) in [6, 6.07) is 2.18. The fourth-order valence-electron chi connectivity index (χ4n) is 9.57. The van der Waals surface area contributed by atoms with Gasteiger partial charge < -0.3 is 5.73 Å². The highest BCUT2D eigenvalue weighted by Crippen LogP contribution is 2.69. The summed E-state index contributed by atoms with van der Waals surface area (Å²) >= 11 is 0. The summed E-state index contributed by atoms with van der Waals surface area (Å²) in [7, 11) is 0. The lowest BCUT2D eigenvalue weighted by atomic mass is 9.37. The lowest BCUT2D eigenvalue weighted by Gasteiger charge is -2.67. The maximum absolute atomic E-state index is 13.9. The monoisotopic (exact) mass is 466 g/mol. The van der Waals surface area contributed by atoms with Crippen molar-refractivity contribution in [3.8, 4) is 6.07 Å². The molecular weight excluding hydrogens is 420 g/mol. The number of nitrogens with two attached hydrogens (primary N) is 1. The molecule has 4 fully saturated rings. The largest absolute Gasteiger partial charge is 0.325 e. The molecule has 0 aliphatic heterocycles. The van der Waals surface area contributed by atoms with Crippen LogP contribution < -0.4 is 5.73 Å². The summed E-state index contributed by atoms with van der Waals surface area (Å²) in [6.45, 7) is 15.4. The van der Waals surface area contributed by atoms with E-state index in [1.54, 1.807) is 0 Å². The van der Waals surface area contributed by atoms with Crippen LogP contribution in [-0.2, 0) is 9.59 Å². The Morgan fingerprint density at radius 2 is 1.62 bits per heavy atom. The molecule has 0 aromatic rings. The van der Waals surface area contributed by atoms with E-state index in [2.05, 4.69) is 33.8 Å². The quantitative estimate of drug-likeness (QED) is 0.458. The Balaban J connectivity index is 0.00000133. The van der Waals surface area contributed by atoms with Gasteiger partial charge in [-0.15, -0.1) is 0 Å².